The molecule has 0 spiro atoms. The van der Waals surface area contributed by atoms with Crippen LogP contribution < -0.4 is 4.74 Å². The number of hydrogen-bond donors (Lipinski definition) is 0. The van der Waals surface area contributed by atoms with Crippen molar-refractivity contribution >= 4 is 0 Å². The summed E-state index contributed by atoms with van der Waals surface area (Å²) in [5.74, 6) is 0.0658. The summed E-state index contributed by atoms with van der Waals surface area (Å²) < 4.78 is 46.0. The molecule has 0 amide bonds. The second kappa shape index (κ2) is 8.22. The fourth-order valence-electron chi connectivity index (χ4n) is 2.57. The molecule has 0 N–H and O–H groups in total. The summed E-state index contributed by atoms with van der Waals surface area (Å²) in [5, 5.41) is 0. The van der Waals surface area contributed by atoms with Crippen molar-refractivity contribution in [1.29, 1.82) is 0 Å². The van der Waals surface area contributed by atoms with Gasteiger partial charge >= 0.3 is 6.36 Å². The minimum Gasteiger partial charge on any atom is -0.444 e. The molecule has 5 nitrogen and oxygen atoms in total. The Bertz CT molecular complexity index is 849. The Morgan fingerprint density at radius 3 is 2.37 bits per heavy atom. The zero-order valence-electron chi connectivity index (χ0n) is 14.6. The molecule has 0 aliphatic rings. The van der Waals surface area contributed by atoms with E-state index in [2.05, 4.69) is 26.5 Å². The lowest BCUT2D eigenvalue weighted by molar-refractivity contribution is -0.274. The van der Waals surface area contributed by atoms with Crippen LogP contribution in [0.25, 0.3) is 11.5 Å². The smallest absolute Gasteiger partial charge is 0.444 e. The summed E-state index contributed by atoms with van der Waals surface area (Å²) in [4.78, 5) is 10.6. The molecule has 27 heavy (non-hydrogen) atoms. The standard InChI is InChI=1S/C19H18F3N3O2/c1-2-25(11-14-7-9-23-10-8-14)12-16-13-26-18(24-16)15-3-5-17(6-4-15)27-19(20,21)22/h3-10,13H,2,11-12H2,1H3. The van der Waals surface area contributed by atoms with Crippen LogP contribution in [-0.2, 0) is 13.1 Å². The highest BCUT2D eigenvalue weighted by atomic mass is 19.4. The second-order valence-corrected chi connectivity index (χ2v) is 5.87. The van der Waals surface area contributed by atoms with E-state index in [9.17, 15) is 13.2 Å². The van der Waals surface area contributed by atoms with Gasteiger partial charge in [-0.3, -0.25) is 9.88 Å². The predicted octanol–water partition coefficient (Wildman–Crippen LogP) is 4.66. The summed E-state index contributed by atoms with van der Waals surface area (Å²) in [6, 6.07) is 9.34. The molecule has 1 aromatic carbocycles. The predicted molar refractivity (Wildman–Crippen MR) is 92.6 cm³/mol. The van der Waals surface area contributed by atoms with E-state index in [0.29, 0.717) is 18.0 Å². The highest BCUT2D eigenvalue weighted by Crippen LogP contribution is 2.26. The minimum atomic E-state index is -4.71. The van der Waals surface area contributed by atoms with Gasteiger partial charge in [-0.2, -0.15) is 0 Å². The fourth-order valence-corrected chi connectivity index (χ4v) is 2.57. The molecule has 0 fully saturated rings. The lowest BCUT2D eigenvalue weighted by atomic mass is 10.2. The molecule has 0 radical (unpaired) electrons. The Labute approximate surface area is 154 Å². The molecular formula is C19H18F3N3O2. The average Bonchev–Trinajstić information content (AvgIpc) is 3.10. The van der Waals surface area contributed by atoms with Crippen LogP contribution in [0, 0.1) is 0 Å². The van der Waals surface area contributed by atoms with E-state index in [-0.39, 0.29) is 5.75 Å². The van der Waals surface area contributed by atoms with Crippen LogP contribution >= 0.6 is 0 Å². The van der Waals surface area contributed by atoms with Crippen molar-refractivity contribution in [2.45, 2.75) is 26.4 Å². The number of aromatic nitrogens is 2. The van der Waals surface area contributed by atoms with Crippen LogP contribution in [0.5, 0.6) is 5.75 Å². The number of halogens is 3. The molecule has 8 heteroatoms. The van der Waals surface area contributed by atoms with Gasteiger partial charge in [0, 0.05) is 31.0 Å². The number of ether oxygens (including phenoxy) is 1. The summed E-state index contributed by atoms with van der Waals surface area (Å²) in [7, 11) is 0. The molecule has 0 saturated carbocycles. The zero-order valence-corrected chi connectivity index (χ0v) is 14.6. The van der Waals surface area contributed by atoms with Gasteiger partial charge in [-0.1, -0.05) is 6.92 Å². The monoisotopic (exact) mass is 377 g/mol. The van der Waals surface area contributed by atoms with Crippen LogP contribution in [0.4, 0.5) is 13.2 Å². The van der Waals surface area contributed by atoms with Crippen LogP contribution in [0.2, 0.25) is 0 Å². The van der Waals surface area contributed by atoms with Crippen LogP contribution in [-0.4, -0.2) is 27.8 Å². The number of rotatable bonds is 7. The molecule has 2 aromatic heterocycles. The van der Waals surface area contributed by atoms with E-state index in [1.165, 1.54) is 24.3 Å². The lowest BCUT2D eigenvalue weighted by Crippen LogP contribution is -2.22. The number of alkyl halides is 3. The SMILES string of the molecule is CCN(Cc1ccncc1)Cc1coc(-c2ccc(OC(F)(F)F)cc2)n1. The zero-order chi connectivity index (χ0) is 19.3. The van der Waals surface area contributed by atoms with Crippen molar-refractivity contribution in [2.24, 2.45) is 0 Å². The van der Waals surface area contributed by atoms with Crippen molar-refractivity contribution in [1.82, 2.24) is 14.9 Å². The molecule has 0 atom stereocenters. The van der Waals surface area contributed by atoms with Gasteiger partial charge in [-0.05, 0) is 48.5 Å². The van der Waals surface area contributed by atoms with Gasteiger partial charge in [0.05, 0.1) is 5.69 Å². The maximum atomic E-state index is 12.2. The Morgan fingerprint density at radius 1 is 1.04 bits per heavy atom. The summed E-state index contributed by atoms with van der Waals surface area (Å²) in [5.41, 5.74) is 2.47. The number of nitrogens with zero attached hydrogens (tertiary/aromatic N) is 3. The van der Waals surface area contributed by atoms with Crippen molar-refractivity contribution in [2.75, 3.05) is 6.54 Å². The van der Waals surface area contributed by atoms with E-state index < -0.39 is 6.36 Å². The molecule has 3 rings (SSSR count). The third kappa shape index (κ3) is 5.55. The van der Waals surface area contributed by atoms with Crippen molar-refractivity contribution in [3.63, 3.8) is 0 Å². The van der Waals surface area contributed by atoms with Gasteiger partial charge in [-0.25, -0.2) is 4.98 Å². The molecule has 0 aliphatic heterocycles. The van der Waals surface area contributed by atoms with Gasteiger partial charge in [0.25, 0.3) is 0 Å². The highest BCUT2D eigenvalue weighted by Gasteiger charge is 2.31. The van der Waals surface area contributed by atoms with Crippen LogP contribution in [0.1, 0.15) is 18.2 Å². The number of pyridine rings is 1. The first-order chi connectivity index (χ1) is 12.9. The van der Waals surface area contributed by atoms with Crippen molar-refractivity contribution in [3.05, 3.63) is 66.3 Å². The van der Waals surface area contributed by atoms with Gasteiger partial charge in [0.1, 0.15) is 12.0 Å². The first-order valence-corrected chi connectivity index (χ1v) is 8.35. The summed E-state index contributed by atoms with van der Waals surface area (Å²) in [6.45, 7) is 4.23. The van der Waals surface area contributed by atoms with Gasteiger partial charge in [0.15, 0.2) is 0 Å². The molecule has 2 heterocycles. The van der Waals surface area contributed by atoms with Gasteiger partial charge < -0.3 is 9.15 Å². The van der Waals surface area contributed by atoms with E-state index in [1.807, 2.05) is 12.1 Å². The first kappa shape index (κ1) is 18.9. The lowest BCUT2D eigenvalue weighted by Gasteiger charge is -2.18. The largest absolute Gasteiger partial charge is 0.573 e. The Kier molecular flexibility index (Phi) is 5.75. The molecule has 3 aromatic rings. The second-order valence-electron chi connectivity index (χ2n) is 5.87. The van der Waals surface area contributed by atoms with E-state index in [4.69, 9.17) is 4.42 Å². The van der Waals surface area contributed by atoms with E-state index >= 15 is 0 Å². The normalized spacial score (nSPS) is 11.7. The average molecular weight is 377 g/mol. The summed E-state index contributed by atoms with van der Waals surface area (Å²) in [6.07, 6.45) is 0.355. The van der Waals surface area contributed by atoms with E-state index in [0.717, 1.165) is 24.3 Å². The van der Waals surface area contributed by atoms with Crippen LogP contribution in [0.15, 0.2) is 59.5 Å². The molecule has 142 valence electrons. The van der Waals surface area contributed by atoms with Crippen molar-refractivity contribution < 1.29 is 22.3 Å². The van der Waals surface area contributed by atoms with E-state index in [1.54, 1.807) is 18.7 Å². The van der Waals surface area contributed by atoms with Crippen molar-refractivity contribution in [3.8, 4) is 17.2 Å². The summed E-state index contributed by atoms with van der Waals surface area (Å²) >= 11 is 0. The molecular weight excluding hydrogens is 359 g/mol. The Morgan fingerprint density at radius 2 is 1.74 bits per heavy atom. The first-order valence-electron chi connectivity index (χ1n) is 8.35. The van der Waals surface area contributed by atoms with Gasteiger partial charge in [0.2, 0.25) is 5.89 Å². The Balaban J connectivity index is 1.65. The van der Waals surface area contributed by atoms with Gasteiger partial charge in [-0.15, -0.1) is 13.2 Å². The molecule has 0 aliphatic carbocycles. The third-order valence-corrected chi connectivity index (χ3v) is 3.87. The number of benzene rings is 1. The van der Waals surface area contributed by atoms with Crippen LogP contribution in [0.3, 0.4) is 0 Å². The molecule has 0 saturated heterocycles. The third-order valence-electron chi connectivity index (χ3n) is 3.87. The highest BCUT2D eigenvalue weighted by molar-refractivity contribution is 5.54. The molecule has 0 unspecified atom stereocenters. The maximum Gasteiger partial charge on any atom is 0.573 e. The minimum absolute atomic E-state index is 0.285. The Hall–Kier alpha value is -2.87. The fraction of sp³-hybridized carbons (Fsp3) is 0.263. The molecule has 0 bridgehead atoms. The maximum absolute atomic E-state index is 12.2. The topological polar surface area (TPSA) is 51.4 Å². The number of oxazole rings is 1. The number of hydrogen-bond acceptors (Lipinski definition) is 5. The quantitative estimate of drug-likeness (QED) is 0.600.